The fraction of sp³-hybridized carbons (Fsp3) is 0.500. The van der Waals surface area contributed by atoms with Crippen LogP contribution in [0.2, 0.25) is 0 Å². The van der Waals surface area contributed by atoms with Crippen LogP contribution >= 0.6 is 0 Å². The zero-order chi connectivity index (χ0) is 23.4. The Balaban J connectivity index is 1.59. The van der Waals surface area contributed by atoms with Crippen molar-refractivity contribution in [2.75, 3.05) is 31.1 Å². The molecule has 11 heteroatoms. The van der Waals surface area contributed by atoms with Gasteiger partial charge in [-0.25, -0.2) is 18.4 Å². The molecule has 3 heterocycles. The molecule has 5 rings (SSSR count). The molecule has 1 saturated carbocycles. The standard InChI is InChI=1S/C22H23F2N3O6/c1-2-32-21(29)25-8-11-5-6-26(15(11)9-25)19-14(23)7-13-18(17(19)24)27(12-3-4-12)10-16(20(13)28)33-22(30)31/h7,10-12,15H,2-6,8-9H2,1H3,(H,30,31). The number of fused-ring (bicyclic) bond motifs is 2. The van der Waals surface area contributed by atoms with E-state index in [9.17, 15) is 14.4 Å². The van der Waals surface area contributed by atoms with E-state index >= 15 is 8.78 Å². The number of halogens is 2. The van der Waals surface area contributed by atoms with Crippen LogP contribution in [0.4, 0.5) is 24.1 Å². The van der Waals surface area contributed by atoms with Gasteiger partial charge in [0.15, 0.2) is 11.6 Å². The second kappa shape index (κ2) is 7.89. The molecule has 2 aromatic rings. The quantitative estimate of drug-likeness (QED) is 0.694. The Labute approximate surface area is 187 Å². The number of carbonyl (C=O) groups excluding carboxylic acids is 1. The van der Waals surface area contributed by atoms with Crippen LogP contribution in [0, 0.1) is 17.6 Å². The molecule has 2 aliphatic heterocycles. The summed E-state index contributed by atoms with van der Waals surface area (Å²) in [6.07, 6.45) is 1.17. The molecule has 2 unspecified atom stereocenters. The number of benzene rings is 1. The number of carbonyl (C=O) groups is 2. The predicted molar refractivity (Wildman–Crippen MR) is 113 cm³/mol. The molecular weight excluding hydrogens is 440 g/mol. The van der Waals surface area contributed by atoms with Crippen LogP contribution < -0.4 is 15.1 Å². The number of anilines is 1. The summed E-state index contributed by atoms with van der Waals surface area (Å²) in [6.45, 7) is 3.13. The first-order chi connectivity index (χ1) is 15.8. The normalized spacial score (nSPS) is 22.0. The summed E-state index contributed by atoms with van der Waals surface area (Å²) in [6, 6.07) is 0.551. The van der Waals surface area contributed by atoms with E-state index in [1.54, 1.807) is 16.7 Å². The summed E-state index contributed by atoms with van der Waals surface area (Å²) in [5, 5.41) is 8.66. The van der Waals surface area contributed by atoms with E-state index in [4.69, 9.17) is 9.84 Å². The van der Waals surface area contributed by atoms with Gasteiger partial charge in [0, 0.05) is 31.6 Å². The summed E-state index contributed by atoms with van der Waals surface area (Å²) in [4.78, 5) is 39.1. The second-order valence-corrected chi connectivity index (χ2v) is 8.66. The molecule has 3 fully saturated rings. The fourth-order valence-corrected chi connectivity index (χ4v) is 5.08. The lowest BCUT2D eigenvalue weighted by Gasteiger charge is -2.28. The maximum absolute atomic E-state index is 15.9. The van der Waals surface area contributed by atoms with Gasteiger partial charge >= 0.3 is 12.2 Å². The Morgan fingerprint density at radius 3 is 2.64 bits per heavy atom. The molecule has 0 bridgehead atoms. The summed E-state index contributed by atoms with van der Waals surface area (Å²) < 4.78 is 42.3. The van der Waals surface area contributed by atoms with E-state index in [0.717, 1.165) is 18.9 Å². The van der Waals surface area contributed by atoms with Gasteiger partial charge in [0.1, 0.15) is 11.5 Å². The van der Waals surface area contributed by atoms with Gasteiger partial charge < -0.3 is 28.9 Å². The molecule has 1 aliphatic carbocycles. The molecule has 1 amide bonds. The van der Waals surface area contributed by atoms with Crippen molar-refractivity contribution < 1.29 is 33.0 Å². The van der Waals surface area contributed by atoms with Crippen LogP contribution in [-0.2, 0) is 4.74 Å². The van der Waals surface area contributed by atoms with Gasteiger partial charge in [-0.05, 0) is 32.3 Å². The van der Waals surface area contributed by atoms with Crippen molar-refractivity contribution in [3.63, 3.8) is 0 Å². The Hall–Kier alpha value is -3.37. The first kappa shape index (κ1) is 21.5. The Kier molecular flexibility index (Phi) is 5.13. The number of rotatable bonds is 4. The number of likely N-dealkylation sites (tertiary alicyclic amines) is 1. The maximum Gasteiger partial charge on any atom is 0.511 e. The SMILES string of the molecule is CCOC(=O)N1CC2CCN(c3c(F)cc4c(=O)c(OC(=O)O)cn(C5CC5)c4c3F)C2C1. The third-order valence-electron chi connectivity index (χ3n) is 6.65. The van der Waals surface area contributed by atoms with Crippen molar-refractivity contribution in [3.8, 4) is 5.75 Å². The Morgan fingerprint density at radius 2 is 1.97 bits per heavy atom. The number of hydrogen-bond acceptors (Lipinski definition) is 6. The van der Waals surface area contributed by atoms with Gasteiger partial charge in [-0.1, -0.05) is 0 Å². The van der Waals surface area contributed by atoms with Crippen molar-refractivity contribution in [1.29, 1.82) is 0 Å². The highest BCUT2D eigenvalue weighted by atomic mass is 19.1. The van der Waals surface area contributed by atoms with Crippen molar-refractivity contribution in [1.82, 2.24) is 9.47 Å². The van der Waals surface area contributed by atoms with E-state index in [2.05, 4.69) is 4.74 Å². The largest absolute Gasteiger partial charge is 0.511 e. The summed E-state index contributed by atoms with van der Waals surface area (Å²) in [7, 11) is 0. The molecule has 1 aromatic carbocycles. The van der Waals surface area contributed by atoms with E-state index in [-0.39, 0.29) is 41.2 Å². The van der Waals surface area contributed by atoms with E-state index in [1.165, 1.54) is 10.8 Å². The van der Waals surface area contributed by atoms with E-state index in [0.29, 0.717) is 26.1 Å². The molecule has 2 atom stereocenters. The van der Waals surface area contributed by atoms with Gasteiger partial charge in [0.25, 0.3) is 0 Å². The highest BCUT2D eigenvalue weighted by Crippen LogP contribution is 2.43. The summed E-state index contributed by atoms with van der Waals surface area (Å²) >= 11 is 0. The number of aromatic nitrogens is 1. The Bertz CT molecular complexity index is 1210. The molecule has 1 N–H and O–H groups in total. The topological polar surface area (TPSA) is 101 Å². The average Bonchev–Trinajstić information content (AvgIpc) is 3.40. The van der Waals surface area contributed by atoms with Gasteiger partial charge in [-0.15, -0.1) is 0 Å². The fourth-order valence-electron chi connectivity index (χ4n) is 5.08. The Morgan fingerprint density at radius 1 is 1.21 bits per heavy atom. The number of nitrogens with zero attached hydrogens (tertiary/aromatic N) is 3. The molecular formula is C22H23F2N3O6. The minimum atomic E-state index is -1.68. The molecule has 0 radical (unpaired) electrons. The van der Waals surface area contributed by atoms with Crippen molar-refractivity contribution in [2.45, 2.75) is 38.3 Å². The van der Waals surface area contributed by atoms with Gasteiger partial charge in [-0.2, -0.15) is 0 Å². The number of amides is 1. The number of carboxylic acid groups (broad SMARTS) is 1. The van der Waals surface area contributed by atoms with Crippen molar-refractivity contribution in [2.24, 2.45) is 5.92 Å². The van der Waals surface area contributed by atoms with Crippen LogP contribution in [0.15, 0.2) is 17.1 Å². The van der Waals surface area contributed by atoms with E-state index in [1.807, 2.05) is 0 Å². The van der Waals surface area contributed by atoms with Gasteiger partial charge in [0.2, 0.25) is 5.43 Å². The average molecular weight is 463 g/mol. The monoisotopic (exact) mass is 463 g/mol. The minimum absolute atomic E-state index is 0.0564. The van der Waals surface area contributed by atoms with Gasteiger partial charge in [0.05, 0.1) is 29.7 Å². The van der Waals surface area contributed by atoms with E-state index < -0.39 is 35.1 Å². The molecule has 9 nitrogen and oxygen atoms in total. The maximum atomic E-state index is 15.9. The lowest BCUT2D eigenvalue weighted by Crippen LogP contribution is -2.38. The molecule has 2 saturated heterocycles. The molecule has 33 heavy (non-hydrogen) atoms. The van der Waals surface area contributed by atoms with Crippen molar-refractivity contribution in [3.05, 3.63) is 34.1 Å². The van der Waals surface area contributed by atoms with Crippen LogP contribution in [0.5, 0.6) is 5.75 Å². The zero-order valence-corrected chi connectivity index (χ0v) is 17.9. The smallest absolute Gasteiger partial charge is 0.450 e. The first-order valence-electron chi connectivity index (χ1n) is 11.0. The van der Waals surface area contributed by atoms with Gasteiger partial charge in [-0.3, -0.25) is 4.79 Å². The highest BCUT2D eigenvalue weighted by Gasteiger charge is 2.45. The predicted octanol–water partition coefficient (Wildman–Crippen LogP) is 3.34. The molecule has 0 spiro atoms. The third-order valence-corrected chi connectivity index (χ3v) is 6.65. The second-order valence-electron chi connectivity index (χ2n) is 8.66. The molecule has 3 aliphatic rings. The lowest BCUT2D eigenvalue weighted by molar-refractivity contribution is 0.113. The minimum Gasteiger partial charge on any atom is -0.450 e. The highest BCUT2D eigenvalue weighted by molar-refractivity contribution is 5.86. The van der Waals surface area contributed by atoms with Crippen LogP contribution in [-0.4, -0.2) is 59.1 Å². The van der Waals surface area contributed by atoms with Crippen LogP contribution in [0.25, 0.3) is 10.9 Å². The lowest BCUT2D eigenvalue weighted by atomic mass is 10.0. The van der Waals surface area contributed by atoms with Crippen LogP contribution in [0.3, 0.4) is 0 Å². The summed E-state index contributed by atoms with van der Waals surface area (Å²) in [5.74, 6) is -2.22. The summed E-state index contributed by atoms with van der Waals surface area (Å²) in [5.41, 5.74) is -1.19. The third kappa shape index (κ3) is 3.55. The number of ether oxygens (including phenoxy) is 2. The molecule has 1 aromatic heterocycles. The molecule has 176 valence electrons. The number of hydrogen-bond donors (Lipinski definition) is 1. The first-order valence-corrected chi connectivity index (χ1v) is 11.0. The zero-order valence-electron chi connectivity index (χ0n) is 17.9. The van der Waals surface area contributed by atoms with Crippen LogP contribution in [0.1, 0.15) is 32.2 Å². The van der Waals surface area contributed by atoms with Crippen molar-refractivity contribution >= 4 is 28.8 Å². The number of pyridine rings is 1.